The van der Waals surface area contributed by atoms with E-state index in [9.17, 15) is 13.2 Å². The maximum atomic E-state index is 12.8. The number of anilines is 1. The molecule has 0 bridgehead atoms. The van der Waals surface area contributed by atoms with Crippen molar-refractivity contribution < 1.29 is 13.2 Å². The van der Waals surface area contributed by atoms with Gasteiger partial charge in [-0.15, -0.1) is 11.3 Å². The first-order chi connectivity index (χ1) is 13.3. The van der Waals surface area contributed by atoms with E-state index >= 15 is 0 Å². The van der Waals surface area contributed by atoms with Crippen LogP contribution in [0, 0.1) is 0 Å². The summed E-state index contributed by atoms with van der Waals surface area (Å²) in [5, 5.41) is 3.18. The lowest BCUT2D eigenvalue weighted by Gasteiger charge is -2.17. The molecular weight excluding hydrogens is 439 g/mol. The summed E-state index contributed by atoms with van der Waals surface area (Å²) in [5.74, 6) is -0.444. The molecule has 0 spiro atoms. The molecule has 1 atom stereocenters. The number of hydrogen-bond donors (Lipinski definition) is 2. The lowest BCUT2D eigenvalue weighted by molar-refractivity contribution is 0.0941. The number of sulfonamides is 1. The van der Waals surface area contributed by atoms with Gasteiger partial charge in [0.15, 0.2) is 0 Å². The monoisotopic (exact) mass is 454 g/mol. The number of carbonyl (C=O) groups is 1. The largest absolute Gasteiger partial charge is 0.345 e. The molecule has 3 aromatic rings. The fourth-order valence-corrected chi connectivity index (χ4v) is 5.26. The fraction of sp³-hybridized carbons (Fsp3) is 0.105. The van der Waals surface area contributed by atoms with Gasteiger partial charge >= 0.3 is 0 Å². The van der Waals surface area contributed by atoms with Crippen LogP contribution in [0.3, 0.4) is 0 Å². The van der Waals surface area contributed by atoms with Crippen molar-refractivity contribution in [3.63, 3.8) is 0 Å². The fourth-order valence-electron chi connectivity index (χ4n) is 2.53. The highest BCUT2D eigenvalue weighted by molar-refractivity contribution is 7.94. The molecule has 2 N–H and O–H groups in total. The average molecular weight is 455 g/mol. The lowest BCUT2D eigenvalue weighted by Crippen LogP contribution is -2.28. The second-order valence-electron chi connectivity index (χ2n) is 5.96. The van der Waals surface area contributed by atoms with Gasteiger partial charge in [-0.1, -0.05) is 53.5 Å². The number of benzene rings is 2. The van der Waals surface area contributed by atoms with Crippen molar-refractivity contribution in [2.24, 2.45) is 0 Å². The van der Waals surface area contributed by atoms with E-state index in [0.29, 0.717) is 9.36 Å². The molecule has 2 aromatic carbocycles. The van der Waals surface area contributed by atoms with Crippen molar-refractivity contribution in [3.8, 4) is 0 Å². The van der Waals surface area contributed by atoms with Crippen LogP contribution >= 0.6 is 34.5 Å². The lowest BCUT2D eigenvalue weighted by atomic mass is 10.1. The minimum Gasteiger partial charge on any atom is -0.345 e. The van der Waals surface area contributed by atoms with E-state index in [1.807, 2.05) is 37.3 Å². The first kappa shape index (κ1) is 20.7. The SMILES string of the molecule is C[C@H](NC(=O)c1cc(Cl)ccc1NS(=O)(=O)c1ccc(Cl)s1)c1ccccc1. The predicted octanol–water partition coefficient (Wildman–Crippen LogP) is 5.35. The zero-order valence-corrected chi connectivity index (χ0v) is 17.8. The van der Waals surface area contributed by atoms with Gasteiger partial charge in [-0.2, -0.15) is 0 Å². The van der Waals surface area contributed by atoms with Crippen LogP contribution in [0.1, 0.15) is 28.9 Å². The van der Waals surface area contributed by atoms with Crippen molar-refractivity contribution in [1.29, 1.82) is 0 Å². The summed E-state index contributed by atoms with van der Waals surface area (Å²) in [6.07, 6.45) is 0. The third-order valence-corrected chi connectivity index (χ3v) is 7.25. The van der Waals surface area contributed by atoms with Crippen LogP contribution in [0.5, 0.6) is 0 Å². The molecule has 0 aliphatic heterocycles. The van der Waals surface area contributed by atoms with Crippen molar-refractivity contribution in [3.05, 3.63) is 81.1 Å². The zero-order chi connectivity index (χ0) is 20.3. The molecule has 0 aliphatic rings. The van der Waals surface area contributed by atoms with Crippen LogP contribution in [0.4, 0.5) is 5.69 Å². The van der Waals surface area contributed by atoms with Gasteiger partial charge < -0.3 is 5.32 Å². The molecule has 28 heavy (non-hydrogen) atoms. The van der Waals surface area contributed by atoms with Gasteiger partial charge in [-0.3, -0.25) is 9.52 Å². The van der Waals surface area contributed by atoms with Crippen LogP contribution in [0.15, 0.2) is 64.9 Å². The van der Waals surface area contributed by atoms with Crippen molar-refractivity contribution in [2.75, 3.05) is 4.72 Å². The summed E-state index contributed by atoms with van der Waals surface area (Å²) in [5.41, 5.74) is 1.18. The van der Waals surface area contributed by atoms with Crippen LogP contribution in [0.2, 0.25) is 9.36 Å². The number of carbonyl (C=O) groups excluding carboxylic acids is 1. The van der Waals surface area contributed by atoms with Crippen LogP contribution < -0.4 is 10.0 Å². The quantitative estimate of drug-likeness (QED) is 0.527. The minimum absolute atomic E-state index is 0.0523. The minimum atomic E-state index is -3.88. The highest BCUT2D eigenvalue weighted by Crippen LogP contribution is 2.29. The second kappa shape index (κ2) is 8.53. The van der Waals surface area contributed by atoms with Gasteiger partial charge in [-0.05, 0) is 42.8 Å². The van der Waals surface area contributed by atoms with Crippen molar-refractivity contribution >= 4 is 56.2 Å². The molecule has 0 saturated carbocycles. The molecule has 3 rings (SSSR count). The molecule has 1 amide bonds. The molecule has 0 unspecified atom stereocenters. The third kappa shape index (κ3) is 4.86. The molecule has 0 fully saturated rings. The van der Waals surface area contributed by atoms with Crippen LogP contribution in [0.25, 0.3) is 0 Å². The van der Waals surface area contributed by atoms with Crippen LogP contribution in [-0.4, -0.2) is 14.3 Å². The maximum Gasteiger partial charge on any atom is 0.271 e. The Balaban J connectivity index is 1.87. The second-order valence-corrected chi connectivity index (χ2v) is 10.0. The molecule has 0 radical (unpaired) electrons. The van der Waals surface area contributed by atoms with Gasteiger partial charge in [0, 0.05) is 5.02 Å². The summed E-state index contributed by atoms with van der Waals surface area (Å²) in [7, 11) is -3.88. The molecular formula is C19H16Cl2N2O3S2. The Morgan fingerprint density at radius 1 is 1.04 bits per heavy atom. The number of hydrogen-bond acceptors (Lipinski definition) is 4. The Bertz CT molecular complexity index is 1100. The number of amides is 1. The molecule has 0 saturated heterocycles. The smallest absolute Gasteiger partial charge is 0.271 e. The van der Waals surface area contributed by atoms with Gasteiger partial charge in [0.1, 0.15) is 4.21 Å². The van der Waals surface area contributed by atoms with Gasteiger partial charge in [0.25, 0.3) is 15.9 Å². The van der Waals surface area contributed by atoms with Gasteiger partial charge in [0.2, 0.25) is 0 Å². The van der Waals surface area contributed by atoms with E-state index in [0.717, 1.165) is 16.9 Å². The molecule has 9 heteroatoms. The number of rotatable bonds is 6. The Kier molecular flexibility index (Phi) is 6.30. The van der Waals surface area contributed by atoms with E-state index in [1.165, 1.54) is 30.3 Å². The van der Waals surface area contributed by atoms with E-state index < -0.39 is 15.9 Å². The topological polar surface area (TPSA) is 75.3 Å². The average Bonchev–Trinajstić information content (AvgIpc) is 3.11. The maximum absolute atomic E-state index is 12.8. The van der Waals surface area contributed by atoms with Gasteiger partial charge in [-0.25, -0.2) is 8.42 Å². The Labute approximate surface area is 177 Å². The summed E-state index contributed by atoms with van der Waals surface area (Å²) in [4.78, 5) is 12.8. The van der Waals surface area contributed by atoms with Crippen molar-refractivity contribution in [2.45, 2.75) is 17.2 Å². The Morgan fingerprint density at radius 2 is 1.75 bits per heavy atom. The summed E-state index contributed by atoms with van der Waals surface area (Å²) >= 11 is 12.8. The molecule has 5 nitrogen and oxygen atoms in total. The Hall–Kier alpha value is -2.06. The van der Waals surface area contributed by atoms with E-state index in [4.69, 9.17) is 23.2 Å². The van der Waals surface area contributed by atoms with Gasteiger partial charge in [0.05, 0.1) is 21.6 Å². The number of thiophene rings is 1. The highest BCUT2D eigenvalue weighted by atomic mass is 35.5. The first-order valence-electron chi connectivity index (χ1n) is 8.20. The van der Waals surface area contributed by atoms with E-state index in [1.54, 1.807) is 0 Å². The zero-order valence-electron chi connectivity index (χ0n) is 14.6. The normalized spacial score (nSPS) is 12.4. The number of halogens is 2. The molecule has 0 aliphatic carbocycles. The van der Waals surface area contributed by atoms with Crippen molar-refractivity contribution in [1.82, 2.24) is 5.32 Å². The third-order valence-electron chi connectivity index (χ3n) is 3.93. The molecule has 146 valence electrons. The van der Waals surface area contributed by atoms with Crippen LogP contribution in [-0.2, 0) is 10.0 Å². The molecule has 1 heterocycles. The van der Waals surface area contributed by atoms with E-state index in [2.05, 4.69) is 10.0 Å². The predicted molar refractivity (Wildman–Crippen MR) is 114 cm³/mol. The van der Waals surface area contributed by atoms with E-state index in [-0.39, 0.29) is 21.5 Å². The Morgan fingerprint density at radius 3 is 2.39 bits per heavy atom. The highest BCUT2D eigenvalue weighted by Gasteiger charge is 2.21. The summed E-state index contributed by atoms with van der Waals surface area (Å²) in [6.45, 7) is 1.84. The summed E-state index contributed by atoms with van der Waals surface area (Å²) < 4.78 is 28.0. The number of nitrogens with one attached hydrogen (secondary N) is 2. The first-order valence-corrected chi connectivity index (χ1v) is 11.3. The molecule has 1 aromatic heterocycles. The standard InChI is InChI=1S/C19H16Cl2N2O3S2/c1-12(13-5-3-2-4-6-13)22-19(24)15-11-14(20)7-8-16(15)23-28(25,26)18-10-9-17(21)27-18/h2-12,23H,1H3,(H,22,24)/t12-/m0/s1. The summed E-state index contributed by atoms with van der Waals surface area (Å²) in [6, 6.07) is 16.5.